The smallest absolute Gasteiger partial charge is 0.252 e. The van der Waals surface area contributed by atoms with Crippen LogP contribution in [0.2, 0.25) is 0 Å². The summed E-state index contributed by atoms with van der Waals surface area (Å²) >= 11 is 0. The van der Waals surface area contributed by atoms with Crippen molar-refractivity contribution in [3.8, 4) is 0 Å². The summed E-state index contributed by atoms with van der Waals surface area (Å²) in [6.07, 6.45) is 1.05. The summed E-state index contributed by atoms with van der Waals surface area (Å²) in [5.74, 6) is 0.160. The summed E-state index contributed by atoms with van der Waals surface area (Å²) in [5.41, 5.74) is 3.25. The van der Waals surface area contributed by atoms with Crippen molar-refractivity contribution in [2.45, 2.75) is 57.1 Å². The predicted octanol–water partition coefficient (Wildman–Crippen LogP) is 3.47. The SMILES string of the molecule is CC(C)[C@@H]1CN[C@H]2C[C@H](C(=O)N3CCc4ccccc4[C@@H]3c3ccc(F)cc3)OC[C@@H]2O1. The van der Waals surface area contributed by atoms with Gasteiger partial charge >= 0.3 is 0 Å². The van der Waals surface area contributed by atoms with E-state index in [4.69, 9.17) is 9.47 Å². The van der Waals surface area contributed by atoms with E-state index in [1.54, 1.807) is 12.1 Å². The van der Waals surface area contributed by atoms with Crippen molar-refractivity contribution in [1.82, 2.24) is 10.2 Å². The maximum absolute atomic E-state index is 13.7. The second kappa shape index (κ2) is 8.93. The van der Waals surface area contributed by atoms with E-state index >= 15 is 0 Å². The summed E-state index contributed by atoms with van der Waals surface area (Å²) < 4.78 is 25.9. The molecule has 2 fully saturated rings. The van der Waals surface area contributed by atoms with Gasteiger partial charge in [0.15, 0.2) is 0 Å². The molecule has 170 valence electrons. The summed E-state index contributed by atoms with van der Waals surface area (Å²) in [4.78, 5) is 15.6. The number of benzene rings is 2. The van der Waals surface area contributed by atoms with Gasteiger partial charge < -0.3 is 19.7 Å². The lowest BCUT2D eigenvalue weighted by molar-refractivity contribution is -0.174. The van der Waals surface area contributed by atoms with Crippen molar-refractivity contribution in [2.24, 2.45) is 5.92 Å². The second-order valence-corrected chi connectivity index (χ2v) is 9.46. The van der Waals surface area contributed by atoms with Crippen LogP contribution in [0.3, 0.4) is 0 Å². The Bertz CT molecular complexity index is 964. The number of halogens is 1. The number of nitrogens with one attached hydrogen (secondary N) is 1. The maximum Gasteiger partial charge on any atom is 0.252 e. The van der Waals surface area contributed by atoms with Crippen molar-refractivity contribution in [1.29, 1.82) is 0 Å². The first kappa shape index (κ1) is 21.6. The van der Waals surface area contributed by atoms with Crippen LogP contribution in [0, 0.1) is 11.7 Å². The first-order valence-electron chi connectivity index (χ1n) is 11.7. The van der Waals surface area contributed by atoms with Crippen molar-refractivity contribution < 1.29 is 18.7 Å². The first-order valence-corrected chi connectivity index (χ1v) is 11.7. The quantitative estimate of drug-likeness (QED) is 0.797. The molecule has 2 saturated heterocycles. The third kappa shape index (κ3) is 4.07. The number of fused-ring (bicyclic) bond motifs is 2. The Morgan fingerprint density at radius 2 is 1.94 bits per heavy atom. The molecule has 0 bridgehead atoms. The molecule has 3 heterocycles. The fourth-order valence-corrected chi connectivity index (χ4v) is 5.23. The van der Waals surface area contributed by atoms with Gasteiger partial charge in [-0.05, 0) is 41.2 Å². The summed E-state index contributed by atoms with van der Waals surface area (Å²) in [5, 5.41) is 3.59. The number of morpholine rings is 1. The third-order valence-electron chi connectivity index (χ3n) is 7.08. The van der Waals surface area contributed by atoms with Crippen LogP contribution in [-0.2, 0) is 20.7 Å². The van der Waals surface area contributed by atoms with E-state index in [0.29, 0.717) is 25.5 Å². The molecule has 32 heavy (non-hydrogen) atoms. The van der Waals surface area contributed by atoms with Crippen molar-refractivity contribution in [2.75, 3.05) is 19.7 Å². The predicted molar refractivity (Wildman–Crippen MR) is 120 cm³/mol. The molecule has 0 spiro atoms. The fraction of sp³-hybridized carbons (Fsp3) is 0.500. The molecule has 3 aliphatic rings. The van der Waals surface area contributed by atoms with E-state index < -0.39 is 6.10 Å². The van der Waals surface area contributed by atoms with Crippen LogP contribution in [0.4, 0.5) is 4.39 Å². The van der Waals surface area contributed by atoms with Gasteiger partial charge in [-0.3, -0.25) is 4.79 Å². The van der Waals surface area contributed by atoms with Crippen LogP contribution in [-0.4, -0.2) is 54.9 Å². The molecule has 5 rings (SSSR count). The second-order valence-electron chi connectivity index (χ2n) is 9.46. The molecule has 3 aliphatic heterocycles. The molecule has 2 aromatic rings. The van der Waals surface area contributed by atoms with Gasteiger partial charge in [0.05, 0.1) is 24.9 Å². The van der Waals surface area contributed by atoms with Gasteiger partial charge in [0.2, 0.25) is 0 Å². The highest BCUT2D eigenvalue weighted by Gasteiger charge is 2.43. The highest BCUT2D eigenvalue weighted by molar-refractivity contribution is 5.82. The van der Waals surface area contributed by atoms with Gasteiger partial charge in [-0.25, -0.2) is 4.39 Å². The average Bonchev–Trinajstić information content (AvgIpc) is 2.82. The van der Waals surface area contributed by atoms with Gasteiger partial charge in [-0.15, -0.1) is 0 Å². The highest BCUT2D eigenvalue weighted by atomic mass is 19.1. The van der Waals surface area contributed by atoms with Crippen LogP contribution in [0.1, 0.15) is 43.0 Å². The zero-order valence-electron chi connectivity index (χ0n) is 18.7. The van der Waals surface area contributed by atoms with Crippen molar-refractivity contribution >= 4 is 5.91 Å². The molecule has 2 aromatic carbocycles. The molecular weight excluding hydrogens is 407 g/mol. The molecule has 0 radical (unpaired) electrons. The van der Waals surface area contributed by atoms with Crippen LogP contribution >= 0.6 is 0 Å². The minimum Gasteiger partial charge on any atom is -0.369 e. The van der Waals surface area contributed by atoms with E-state index in [0.717, 1.165) is 24.1 Å². The van der Waals surface area contributed by atoms with Crippen LogP contribution in [0.25, 0.3) is 0 Å². The summed E-state index contributed by atoms with van der Waals surface area (Å²) in [7, 11) is 0. The Labute approximate surface area is 188 Å². The summed E-state index contributed by atoms with van der Waals surface area (Å²) in [6, 6.07) is 14.6. The average molecular weight is 439 g/mol. The molecule has 1 N–H and O–H groups in total. The topological polar surface area (TPSA) is 50.8 Å². The lowest BCUT2D eigenvalue weighted by Crippen LogP contribution is -2.61. The van der Waals surface area contributed by atoms with Crippen molar-refractivity contribution in [3.05, 3.63) is 71.0 Å². The monoisotopic (exact) mass is 438 g/mol. The molecule has 1 amide bonds. The Balaban J connectivity index is 1.37. The van der Waals surface area contributed by atoms with Gasteiger partial charge in [-0.2, -0.15) is 0 Å². The Hall–Kier alpha value is -2.28. The molecule has 0 aliphatic carbocycles. The Kier molecular flexibility index (Phi) is 6.01. The van der Waals surface area contributed by atoms with Gasteiger partial charge in [0.1, 0.15) is 11.9 Å². The molecule has 0 unspecified atom stereocenters. The molecule has 0 aromatic heterocycles. The number of amides is 1. The molecule has 5 nitrogen and oxygen atoms in total. The minimum absolute atomic E-state index is 0.0000566. The standard InChI is InChI=1S/C26H31FN2O3/c1-16(2)23-14-28-21-13-22(31-15-24(21)32-23)26(30)29-12-11-17-5-3-4-6-20(17)25(29)18-7-9-19(27)10-8-18/h3-10,16,21-25,28H,11-15H2,1-2H3/t21-,22+,23-,24-,25-/m0/s1. The third-order valence-corrected chi connectivity index (χ3v) is 7.08. The normalized spacial score (nSPS) is 30.0. The largest absolute Gasteiger partial charge is 0.369 e. The van der Waals surface area contributed by atoms with E-state index in [1.165, 1.54) is 17.7 Å². The van der Waals surface area contributed by atoms with Gasteiger partial charge in [0, 0.05) is 25.6 Å². The number of ether oxygens (including phenoxy) is 2. The van der Waals surface area contributed by atoms with E-state index in [9.17, 15) is 9.18 Å². The molecule has 6 heteroatoms. The van der Waals surface area contributed by atoms with Gasteiger partial charge in [-0.1, -0.05) is 50.2 Å². The van der Waals surface area contributed by atoms with Crippen LogP contribution in [0.15, 0.2) is 48.5 Å². The van der Waals surface area contributed by atoms with Crippen molar-refractivity contribution in [3.63, 3.8) is 0 Å². The number of carbonyl (C=O) groups excluding carboxylic acids is 1. The summed E-state index contributed by atoms with van der Waals surface area (Å²) in [6.45, 7) is 6.15. The number of carbonyl (C=O) groups is 1. The number of hydrogen-bond donors (Lipinski definition) is 1. The zero-order valence-corrected chi connectivity index (χ0v) is 18.7. The maximum atomic E-state index is 13.7. The van der Waals surface area contributed by atoms with E-state index in [-0.39, 0.29) is 36.0 Å². The van der Waals surface area contributed by atoms with E-state index in [2.05, 4.69) is 31.3 Å². The first-order chi connectivity index (χ1) is 15.5. The fourth-order valence-electron chi connectivity index (χ4n) is 5.23. The van der Waals surface area contributed by atoms with Crippen LogP contribution in [0.5, 0.6) is 0 Å². The number of nitrogens with zero attached hydrogens (tertiary/aromatic N) is 1. The van der Waals surface area contributed by atoms with Gasteiger partial charge in [0.25, 0.3) is 5.91 Å². The Morgan fingerprint density at radius 1 is 1.16 bits per heavy atom. The molecule has 5 atom stereocenters. The Morgan fingerprint density at radius 3 is 2.72 bits per heavy atom. The number of hydrogen-bond acceptors (Lipinski definition) is 4. The lowest BCUT2D eigenvalue weighted by atomic mass is 9.87. The lowest BCUT2D eigenvalue weighted by Gasteiger charge is -2.45. The number of rotatable bonds is 3. The van der Waals surface area contributed by atoms with E-state index in [1.807, 2.05) is 17.0 Å². The minimum atomic E-state index is -0.504. The molecule has 0 saturated carbocycles. The molecular formula is C26H31FN2O3. The van der Waals surface area contributed by atoms with Crippen LogP contribution < -0.4 is 5.32 Å². The zero-order chi connectivity index (χ0) is 22.2. The highest BCUT2D eigenvalue weighted by Crippen LogP contribution is 2.37.